The number of nitrogens with zero attached hydrogens (tertiary/aromatic N) is 2. The van der Waals surface area contributed by atoms with E-state index in [9.17, 15) is 4.79 Å². The Kier molecular flexibility index (Phi) is 5.27. The fourth-order valence-electron chi connectivity index (χ4n) is 1.45. The molecule has 0 aliphatic heterocycles. The van der Waals surface area contributed by atoms with E-state index in [4.69, 9.17) is 28.5 Å². The third-order valence-corrected chi connectivity index (χ3v) is 2.71. The van der Waals surface area contributed by atoms with Crippen LogP contribution in [0.15, 0.2) is 18.2 Å². The number of rotatable bonds is 4. The number of carbonyl (C=O) groups is 1. The topological polar surface area (TPSA) is 44.1 Å². The molecule has 0 atom stereocenters. The van der Waals surface area contributed by atoms with E-state index < -0.39 is 0 Å². The summed E-state index contributed by atoms with van der Waals surface area (Å²) < 4.78 is 0. The van der Waals surface area contributed by atoms with Crippen molar-refractivity contribution in [1.82, 2.24) is 4.90 Å². The number of hydrogen-bond acceptors (Lipinski definition) is 2. The van der Waals surface area contributed by atoms with Crippen LogP contribution in [-0.4, -0.2) is 23.9 Å². The monoisotopic (exact) mass is 270 g/mol. The number of hydrogen-bond donors (Lipinski definition) is 0. The Morgan fingerprint density at radius 3 is 2.41 bits per heavy atom. The van der Waals surface area contributed by atoms with Crippen LogP contribution in [0.4, 0.5) is 0 Å². The van der Waals surface area contributed by atoms with Gasteiger partial charge in [-0.3, -0.25) is 4.79 Å². The minimum Gasteiger partial charge on any atom is -0.338 e. The lowest BCUT2D eigenvalue weighted by molar-refractivity contribution is 0.0768. The fourth-order valence-corrected chi connectivity index (χ4v) is 1.97. The van der Waals surface area contributed by atoms with Crippen molar-refractivity contribution in [3.63, 3.8) is 0 Å². The molecule has 0 fully saturated rings. The van der Waals surface area contributed by atoms with Crippen molar-refractivity contribution in [3.8, 4) is 6.07 Å². The van der Waals surface area contributed by atoms with Gasteiger partial charge in [0.1, 0.15) is 0 Å². The molecule has 90 valence electrons. The fraction of sp³-hybridized carbons (Fsp3) is 0.333. The van der Waals surface area contributed by atoms with Crippen LogP contribution in [-0.2, 0) is 0 Å². The van der Waals surface area contributed by atoms with Gasteiger partial charge in [0, 0.05) is 28.7 Å². The van der Waals surface area contributed by atoms with Gasteiger partial charge in [0.05, 0.1) is 12.5 Å². The first-order valence-electron chi connectivity index (χ1n) is 5.20. The van der Waals surface area contributed by atoms with Crippen LogP contribution in [0.3, 0.4) is 0 Å². The van der Waals surface area contributed by atoms with Crippen molar-refractivity contribution in [1.29, 1.82) is 5.26 Å². The van der Waals surface area contributed by atoms with Gasteiger partial charge in [0.15, 0.2) is 0 Å². The minimum absolute atomic E-state index is 0.160. The average molecular weight is 271 g/mol. The number of nitriles is 1. The molecule has 5 heteroatoms. The van der Waals surface area contributed by atoms with Gasteiger partial charge in [-0.1, -0.05) is 23.2 Å². The highest BCUT2D eigenvalue weighted by molar-refractivity contribution is 6.35. The molecule has 1 aromatic rings. The first kappa shape index (κ1) is 13.8. The maximum Gasteiger partial charge on any atom is 0.253 e. The van der Waals surface area contributed by atoms with Gasteiger partial charge in [0.25, 0.3) is 5.91 Å². The standard InChI is InChI=1S/C12H12Cl2N2O/c1-2-16(5-3-4-15)12(17)9-6-10(13)8-11(14)7-9/h6-8H,2-3,5H2,1H3. The molecule has 0 N–H and O–H groups in total. The van der Waals surface area contributed by atoms with Crippen LogP contribution >= 0.6 is 23.2 Å². The first-order chi connectivity index (χ1) is 8.08. The normalized spacial score (nSPS) is 9.76. The minimum atomic E-state index is -0.160. The molecule has 0 aliphatic carbocycles. The van der Waals surface area contributed by atoms with E-state index in [0.717, 1.165) is 0 Å². The molecule has 1 amide bonds. The van der Waals surface area contributed by atoms with E-state index in [1.165, 1.54) is 0 Å². The summed E-state index contributed by atoms with van der Waals surface area (Å²) in [4.78, 5) is 13.7. The maximum atomic E-state index is 12.1. The van der Waals surface area contributed by atoms with E-state index in [2.05, 4.69) is 0 Å². The Balaban J connectivity index is 2.90. The van der Waals surface area contributed by atoms with Gasteiger partial charge in [0.2, 0.25) is 0 Å². The van der Waals surface area contributed by atoms with Crippen molar-refractivity contribution in [2.24, 2.45) is 0 Å². The zero-order chi connectivity index (χ0) is 12.8. The van der Waals surface area contributed by atoms with Crippen molar-refractivity contribution in [3.05, 3.63) is 33.8 Å². The van der Waals surface area contributed by atoms with Gasteiger partial charge < -0.3 is 4.90 Å². The van der Waals surface area contributed by atoms with E-state index in [1.807, 2.05) is 13.0 Å². The second-order valence-corrected chi connectivity index (χ2v) is 4.32. The number of halogens is 2. The molecule has 0 saturated heterocycles. The predicted molar refractivity (Wildman–Crippen MR) is 68.3 cm³/mol. The first-order valence-corrected chi connectivity index (χ1v) is 5.96. The van der Waals surface area contributed by atoms with Gasteiger partial charge in [-0.2, -0.15) is 5.26 Å². The van der Waals surface area contributed by atoms with Gasteiger partial charge >= 0.3 is 0 Å². The predicted octanol–water partition coefficient (Wildman–Crippen LogP) is 3.37. The van der Waals surface area contributed by atoms with E-state index in [1.54, 1.807) is 23.1 Å². The number of amides is 1. The quantitative estimate of drug-likeness (QED) is 0.842. The summed E-state index contributed by atoms with van der Waals surface area (Å²) in [6.07, 6.45) is 0.313. The molecule has 0 aromatic heterocycles. The van der Waals surface area contributed by atoms with Crippen molar-refractivity contribution >= 4 is 29.1 Å². The second kappa shape index (κ2) is 6.48. The Bertz CT molecular complexity index is 434. The summed E-state index contributed by atoms with van der Waals surface area (Å²) in [5, 5.41) is 9.38. The molecule has 0 heterocycles. The zero-order valence-electron chi connectivity index (χ0n) is 9.41. The van der Waals surface area contributed by atoms with Crippen LogP contribution in [0.1, 0.15) is 23.7 Å². The Morgan fingerprint density at radius 1 is 1.35 bits per heavy atom. The molecule has 0 saturated carbocycles. The van der Waals surface area contributed by atoms with Crippen molar-refractivity contribution in [2.45, 2.75) is 13.3 Å². The zero-order valence-corrected chi connectivity index (χ0v) is 10.9. The molecule has 0 unspecified atom stereocenters. The summed E-state index contributed by atoms with van der Waals surface area (Å²) in [5.41, 5.74) is 0.447. The largest absolute Gasteiger partial charge is 0.338 e. The summed E-state index contributed by atoms with van der Waals surface area (Å²) in [7, 11) is 0. The Morgan fingerprint density at radius 2 is 1.94 bits per heavy atom. The highest BCUT2D eigenvalue weighted by atomic mass is 35.5. The highest BCUT2D eigenvalue weighted by Gasteiger charge is 2.14. The Hall–Kier alpha value is -1.24. The van der Waals surface area contributed by atoms with Crippen LogP contribution in [0.5, 0.6) is 0 Å². The lowest BCUT2D eigenvalue weighted by Crippen LogP contribution is -2.31. The van der Waals surface area contributed by atoms with Crippen LogP contribution in [0.2, 0.25) is 10.0 Å². The van der Waals surface area contributed by atoms with E-state index >= 15 is 0 Å². The van der Waals surface area contributed by atoms with Crippen molar-refractivity contribution in [2.75, 3.05) is 13.1 Å². The van der Waals surface area contributed by atoms with Crippen molar-refractivity contribution < 1.29 is 4.79 Å². The Labute approximate surface area is 111 Å². The second-order valence-electron chi connectivity index (χ2n) is 3.45. The lowest BCUT2D eigenvalue weighted by atomic mass is 10.2. The summed E-state index contributed by atoms with van der Waals surface area (Å²) in [6, 6.07) is 6.74. The number of carbonyl (C=O) groups excluding carboxylic acids is 1. The third-order valence-electron chi connectivity index (χ3n) is 2.27. The summed E-state index contributed by atoms with van der Waals surface area (Å²) in [6.45, 7) is 2.82. The van der Waals surface area contributed by atoms with Gasteiger partial charge in [-0.15, -0.1) is 0 Å². The summed E-state index contributed by atoms with van der Waals surface area (Å²) in [5.74, 6) is -0.160. The molecule has 3 nitrogen and oxygen atoms in total. The van der Waals surface area contributed by atoms with E-state index in [0.29, 0.717) is 35.1 Å². The molecular weight excluding hydrogens is 259 g/mol. The molecule has 17 heavy (non-hydrogen) atoms. The molecule has 0 bridgehead atoms. The van der Waals surface area contributed by atoms with Gasteiger partial charge in [-0.05, 0) is 25.1 Å². The molecule has 0 spiro atoms. The molecule has 1 aromatic carbocycles. The third kappa shape index (κ3) is 3.92. The number of benzene rings is 1. The molecular formula is C12H12Cl2N2O. The van der Waals surface area contributed by atoms with Gasteiger partial charge in [-0.25, -0.2) is 0 Å². The lowest BCUT2D eigenvalue weighted by Gasteiger charge is -2.19. The maximum absolute atomic E-state index is 12.1. The van der Waals surface area contributed by atoms with E-state index in [-0.39, 0.29) is 5.91 Å². The highest BCUT2D eigenvalue weighted by Crippen LogP contribution is 2.20. The SMILES string of the molecule is CCN(CCC#N)C(=O)c1cc(Cl)cc(Cl)c1. The summed E-state index contributed by atoms with van der Waals surface area (Å²) >= 11 is 11.7. The van der Waals surface area contributed by atoms with Crippen LogP contribution in [0, 0.1) is 11.3 Å². The van der Waals surface area contributed by atoms with Crippen LogP contribution in [0.25, 0.3) is 0 Å². The smallest absolute Gasteiger partial charge is 0.253 e. The molecule has 0 aliphatic rings. The average Bonchev–Trinajstić information content (AvgIpc) is 2.28. The van der Waals surface area contributed by atoms with Crippen LogP contribution < -0.4 is 0 Å². The molecule has 0 radical (unpaired) electrons. The molecule has 1 rings (SSSR count).